The molecule has 3 heterocycles. The Labute approximate surface area is 162 Å². The van der Waals surface area contributed by atoms with Crippen LogP contribution in [-0.4, -0.2) is 9.13 Å². The lowest BCUT2D eigenvalue weighted by molar-refractivity contribution is 0.359. The first kappa shape index (κ1) is 16.0. The van der Waals surface area contributed by atoms with Crippen LogP contribution < -0.4 is 5.56 Å². The Kier molecular flexibility index (Phi) is 3.28. The smallest absolute Gasteiger partial charge is 0.262 e. The predicted octanol–water partition coefficient (Wildman–Crippen LogP) is 5.90. The lowest BCUT2D eigenvalue weighted by Crippen LogP contribution is -2.16. The highest BCUT2D eigenvalue weighted by molar-refractivity contribution is 6.22. The van der Waals surface area contributed by atoms with E-state index >= 15 is 0 Å². The van der Waals surface area contributed by atoms with E-state index in [1.54, 1.807) is 4.57 Å². The summed E-state index contributed by atoms with van der Waals surface area (Å²) in [7, 11) is 1.85. The van der Waals surface area contributed by atoms with Gasteiger partial charge in [0.15, 0.2) is 5.58 Å². The highest BCUT2D eigenvalue weighted by atomic mass is 16.3. The molecule has 6 rings (SSSR count). The highest BCUT2D eigenvalue weighted by Gasteiger charge is 2.26. The molecule has 0 radical (unpaired) electrons. The number of hydrogen-bond acceptors (Lipinski definition) is 2. The maximum Gasteiger partial charge on any atom is 0.262 e. The van der Waals surface area contributed by atoms with Gasteiger partial charge in [-0.15, -0.1) is 0 Å². The van der Waals surface area contributed by atoms with E-state index < -0.39 is 0 Å². The van der Waals surface area contributed by atoms with Gasteiger partial charge in [0.1, 0.15) is 0 Å². The zero-order valence-corrected chi connectivity index (χ0v) is 15.9. The van der Waals surface area contributed by atoms with E-state index in [4.69, 9.17) is 4.42 Å². The van der Waals surface area contributed by atoms with Gasteiger partial charge in [0.25, 0.3) is 5.56 Å². The van der Waals surface area contributed by atoms with Gasteiger partial charge in [0.05, 0.1) is 21.8 Å². The van der Waals surface area contributed by atoms with Gasteiger partial charge in [-0.05, 0) is 31.0 Å². The van der Waals surface area contributed by atoms with Crippen molar-refractivity contribution in [2.45, 2.75) is 38.1 Å². The first-order valence-electron chi connectivity index (χ1n) is 10.2. The van der Waals surface area contributed by atoms with Crippen LogP contribution in [0.2, 0.25) is 0 Å². The van der Waals surface area contributed by atoms with Crippen molar-refractivity contribution < 1.29 is 4.42 Å². The van der Waals surface area contributed by atoms with Crippen LogP contribution in [0.5, 0.6) is 0 Å². The lowest BCUT2D eigenvalue weighted by Gasteiger charge is -2.24. The SMILES string of the molecule is Cn1c(=O)c2c(oc3c2c2ccccc2n3C2CCCCC2)c2ccccc21. The van der Waals surface area contributed by atoms with Crippen LogP contribution in [0.15, 0.2) is 57.7 Å². The average molecular weight is 370 g/mol. The van der Waals surface area contributed by atoms with Crippen LogP contribution in [0.3, 0.4) is 0 Å². The minimum Gasteiger partial charge on any atom is -0.439 e. The summed E-state index contributed by atoms with van der Waals surface area (Å²) in [6.07, 6.45) is 6.16. The van der Waals surface area contributed by atoms with Crippen LogP contribution in [0, 0.1) is 0 Å². The number of benzene rings is 2. The first-order chi connectivity index (χ1) is 13.8. The van der Waals surface area contributed by atoms with Crippen molar-refractivity contribution in [2.75, 3.05) is 0 Å². The third-order valence-electron chi connectivity index (χ3n) is 6.51. The minimum atomic E-state index is 0.0130. The molecule has 1 saturated carbocycles. The summed E-state index contributed by atoms with van der Waals surface area (Å²) in [6.45, 7) is 0. The summed E-state index contributed by atoms with van der Waals surface area (Å²) in [5, 5.41) is 3.80. The van der Waals surface area contributed by atoms with Crippen molar-refractivity contribution in [1.82, 2.24) is 9.13 Å². The summed E-state index contributed by atoms with van der Waals surface area (Å²) in [4.78, 5) is 13.3. The van der Waals surface area contributed by atoms with E-state index in [0.717, 1.165) is 33.0 Å². The second-order valence-corrected chi connectivity index (χ2v) is 8.05. The monoisotopic (exact) mass is 370 g/mol. The zero-order valence-electron chi connectivity index (χ0n) is 15.9. The fourth-order valence-corrected chi connectivity index (χ4v) is 5.17. The molecule has 0 unspecified atom stereocenters. The van der Waals surface area contributed by atoms with Gasteiger partial charge in [-0.25, -0.2) is 0 Å². The van der Waals surface area contributed by atoms with Crippen LogP contribution in [0.25, 0.3) is 43.9 Å². The van der Waals surface area contributed by atoms with E-state index in [9.17, 15) is 4.79 Å². The number of rotatable bonds is 1. The summed E-state index contributed by atoms with van der Waals surface area (Å²) in [5.41, 5.74) is 3.68. The molecule has 0 amide bonds. The Morgan fingerprint density at radius 3 is 2.32 bits per heavy atom. The van der Waals surface area contributed by atoms with E-state index in [1.165, 1.54) is 37.6 Å². The molecule has 0 N–H and O–H groups in total. The molecule has 5 aromatic rings. The maximum atomic E-state index is 13.3. The quantitative estimate of drug-likeness (QED) is 0.369. The van der Waals surface area contributed by atoms with Crippen molar-refractivity contribution in [3.63, 3.8) is 0 Å². The summed E-state index contributed by atoms with van der Waals surface area (Å²) in [6, 6.07) is 16.9. The Morgan fingerprint density at radius 2 is 1.54 bits per heavy atom. The Bertz CT molecular complexity index is 1430. The molecule has 2 aromatic carbocycles. The molecule has 0 saturated heterocycles. The van der Waals surface area contributed by atoms with Gasteiger partial charge in [-0.1, -0.05) is 49.6 Å². The maximum absolute atomic E-state index is 13.3. The van der Waals surface area contributed by atoms with Crippen LogP contribution in [0.1, 0.15) is 38.1 Å². The summed E-state index contributed by atoms with van der Waals surface area (Å²) in [5.74, 6) is 0. The number of aromatic nitrogens is 2. The average Bonchev–Trinajstić information content (AvgIpc) is 3.28. The van der Waals surface area contributed by atoms with E-state index in [-0.39, 0.29) is 5.56 Å². The number of pyridine rings is 1. The van der Waals surface area contributed by atoms with Crippen LogP contribution >= 0.6 is 0 Å². The van der Waals surface area contributed by atoms with Gasteiger partial charge in [0.2, 0.25) is 5.71 Å². The molecule has 1 fully saturated rings. The van der Waals surface area contributed by atoms with Crippen molar-refractivity contribution >= 4 is 43.9 Å². The highest BCUT2D eigenvalue weighted by Crippen LogP contribution is 2.42. The predicted molar refractivity (Wildman–Crippen MR) is 114 cm³/mol. The molecule has 1 aliphatic carbocycles. The van der Waals surface area contributed by atoms with Gasteiger partial charge in [-0.2, -0.15) is 0 Å². The minimum absolute atomic E-state index is 0.0130. The van der Waals surface area contributed by atoms with E-state index in [1.807, 2.05) is 31.3 Å². The molecule has 4 nitrogen and oxygen atoms in total. The molecular formula is C24H22N2O2. The normalized spacial score (nSPS) is 16.0. The number of hydrogen-bond donors (Lipinski definition) is 0. The molecule has 0 aliphatic heterocycles. The molecule has 28 heavy (non-hydrogen) atoms. The summed E-state index contributed by atoms with van der Waals surface area (Å²) >= 11 is 0. The van der Waals surface area contributed by atoms with Crippen molar-refractivity contribution in [2.24, 2.45) is 7.05 Å². The third kappa shape index (κ3) is 1.98. The van der Waals surface area contributed by atoms with Gasteiger partial charge < -0.3 is 13.6 Å². The molecule has 3 aromatic heterocycles. The second-order valence-electron chi connectivity index (χ2n) is 8.05. The summed E-state index contributed by atoms with van der Waals surface area (Å²) < 4.78 is 10.6. The lowest BCUT2D eigenvalue weighted by atomic mass is 9.95. The van der Waals surface area contributed by atoms with Crippen molar-refractivity contribution in [3.8, 4) is 0 Å². The number of para-hydroxylation sites is 2. The standard InChI is InChI=1S/C24H22N2O2/c1-25-18-13-7-6-12-17(18)22-21(23(25)27)20-16-11-5-8-14-19(16)26(24(20)28-22)15-9-3-2-4-10-15/h5-8,11-15H,2-4,9-10H2,1H3. The number of nitrogens with zero attached hydrogens (tertiary/aromatic N) is 2. The number of aryl methyl sites for hydroxylation is 1. The molecule has 0 spiro atoms. The zero-order chi connectivity index (χ0) is 18.8. The number of fused-ring (bicyclic) bond motifs is 7. The fourth-order valence-electron chi connectivity index (χ4n) is 5.17. The topological polar surface area (TPSA) is 40.1 Å². The fraction of sp³-hybridized carbons (Fsp3) is 0.292. The Morgan fingerprint density at radius 1 is 0.857 bits per heavy atom. The third-order valence-corrected chi connectivity index (χ3v) is 6.51. The largest absolute Gasteiger partial charge is 0.439 e. The van der Waals surface area contributed by atoms with Crippen LogP contribution in [-0.2, 0) is 7.05 Å². The molecule has 0 atom stereocenters. The Hall–Kier alpha value is -3.01. The second kappa shape index (κ2) is 5.74. The van der Waals surface area contributed by atoms with Gasteiger partial charge in [0, 0.05) is 23.9 Å². The molecular weight excluding hydrogens is 348 g/mol. The van der Waals surface area contributed by atoms with E-state index in [0.29, 0.717) is 11.4 Å². The van der Waals surface area contributed by atoms with Crippen molar-refractivity contribution in [3.05, 3.63) is 58.9 Å². The molecule has 0 bridgehead atoms. The molecule has 1 aliphatic rings. The molecule has 4 heteroatoms. The van der Waals surface area contributed by atoms with E-state index in [2.05, 4.69) is 28.8 Å². The van der Waals surface area contributed by atoms with Crippen molar-refractivity contribution in [1.29, 1.82) is 0 Å². The number of furan rings is 1. The van der Waals surface area contributed by atoms with Gasteiger partial charge >= 0.3 is 0 Å². The van der Waals surface area contributed by atoms with Gasteiger partial charge in [-0.3, -0.25) is 4.79 Å². The first-order valence-corrected chi connectivity index (χ1v) is 10.2. The van der Waals surface area contributed by atoms with Crippen LogP contribution in [0.4, 0.5) is 0 Å². The molecule has 140 valence electrons. The Balaban J connectivity index is 1.85.